The van der Waals surface area contributed by atoms with E-state index in [0.29, 0.717) is 10.6 Å². The summed E-state index contributed by atoms with van der Waals surface area (Å²) >= 11 is 8.89. The van der Waals surface area contributed by atoms with E-state index in [0.717, 1.165) is 21.6 Å². The average Bonchev–Trinajstić information content (AvgIpc) is 2.90. The number of aromatic nitrogens is 4. The van der Waals surface area contributed by atoms with Gasteiger partial charge in [0.2, 0.25) is 0 Å². The van der Waals surface area contributed by atoms with Crippen LogP contribution in [0.15, 0.2) is 47.1 Å². The average molecular weight is 363 g/mol. The molecule has 0 fully saturated rings. The minimum absolute atomic E-state index is 0.490. The fourth-order valence-corrected chi connectivity index (χ4v) is 2.63. The molecule has 0 saturated heterocycles. The molecule has 2 aromatic heterocycles. The first-order valence-electron chi connectivity index (χ1n) is 6.13. The second-order valence-corrected chi connectivity index (χ2v) is 5.46. The van der Waals surface area contributed by atoms with E-state index in [1.165, 1.54) is 0 Å². The van der Waals surface area contributed by atoms with E-state index in [-0.39, 0.29) is 0 Å². The Labute approximate surface area is 134 Å². The van der Waals surface area contributed by atoms with E-state index in [4.69, 9.17) is 17.0 Å². The number of aromatic amines is 1. The maximum atomic E-state index is 5.35. The number of halogens is 1. The summed E-state index contributed by atoms with van der Waals surface area (Å²) in [6.45, 7) is 0. The van der Waals surface area contributed by atoms with Gasteiger partial charge in [0.15, 0.2) is 10.6 Å². The fraction of sp³-hybridized carbons (Fsp3) is 0.0714. The lowest BCUT2D eigenvalue weighted by Gasteiger charge is -2.10. The smallest absolute Gasteiger partial charge is 0.200 e. The predicted octanol–water partition coefficient (Wildman–Crippen LogP) is 3.76. The van der Waals surface area contributed by atoms with Crippen molar-refractivity contribution in [2.24, 2.45) is 0 Å². The summed E-state index contributed by atoms with van der Waals surface area (Å²) in [6, 6.07) is 11.3. The molecule has 0 bridgehead atoms. The first-order valence-corrected chi connectivity index (χ1v) is 7.33. The van der Waals surface area contributed by atoms with Crippen molar-refractivity contribution in [3.63, 3.8) is 0 Å². The van der Waals surface area contributed by atoms with Crippen molar-refractivity contribution < 1.29 is 4.74 Å². The van der Waals surface area contributed by atoms with E-state index in [1.54, 1.807) is 13.3 Å². The van der Waals surface area contributed by atoms with Crippen molar-refractivity contribution in [3.05, 3.63) is 51.8 Å². The van der Waals surface area contributed by atoms with Gasteiger partial charge in [0.25, 0.3) is 0 Å². The van der Waals surface area contributed by atoms with Gasteiger partial charge in [-0.05, 0) is 52.4 Å². The number of nitrogens with one attached hydrogen (secondary N) is 1. The fourth-order valence-electron chi connectivity index (χ4n) is 1.98. The van der Waals surface area contributed by atoms with Crippen LogP contribution in [0.4, 0.5) is 0 Å². The zero-order valence-electron chi connectivity index (χ0n) is 11.1. The monoisotopic (exact) mass is 362 g/mol. The molecule has 5 nitrogen and oxygen atoms in total. The lowest BCUT2D eigenvalue weighted by molar-refractivity contribution is 0.414. The van der Waals surface area contributed by atoms with Crippen molar-refractivity contribution in [1.82, 2.24) is 19.7 Å². The number of methoxy groups -OCH3 is 1. The van der Waals surface area contributed by atoms with Gasteiger partial charge in [0.05, 0.1) is 12.8 Å². The molecular weight excluding hydrogens is 352 g/mol. The summed E-state index contributed by atoms with van der Waals surface area (Å²) in [5, 5.41) is 7.09. The standard InChI is InChI=1S/C14H11BrN4OS/c1-20-9-5-6-10(15)12(8-9)19-13(17-18-14(19)21)11-4-2-3-7-16-11/h2-8H,1H3,(H,18,21). The van der Waals surface area contributed by atoms with E-state index < -0.39 is 0 Å². The number of H-pyrrole nitrogens is 1. The van der Waals surface area contributed by atoms with Gasteiger partial charge in [0, 0.05) is 16.7 Å². The minimum atomic E-state index is 0.490. The van der Waals surface area contributed by atoms with Gasteiger partial charge in [-0.25, -0.2) is 0 Å². The molecule has 0 saturated carbocycles. The Morgan fingerprint density at radius 3 is 2.86 bits per heavy atom. The number of pyridine rings is 1. The quantitative estimate of drug-likeness (QED) is 0.720. The van der Waals surface area contributed by atoms with E-state index in [1.807, 2.05) is 41.0 Å². The van der Waals surface area contributed by atoms with Crippen molar-refractivity contribution in [1.29, 1.82) is 0 Å². The summed E-state index contributed by atoms with van der Waals surface area (Å²) in [5.74, 6) is 1.39. The lowest BCUT2D eigenvalue weighted by Crippen LogP contribution is -2.00. The molecule has 0 amide bonds. The van der Waals surface area contributed by atoms with Crippen LogP contribution in [0, 0.1) is 4.77 Å². The molecule has 0 atom stereocenters. The Morgan fingerprint density at radius 1 is 1.29 bits per heavy atom. The molecule has 1 N–H and O–H groups in total. The van der Waals surface area contributed by atoms with Gasteiger partial charge in [0.1, 0.15) is 11.4 Å². The molecule has 106 valence electrons. The van der Waals surface area contributed by atoms with Crippen LogP contribution in [0.2, 0.25) is 0 Å². The number of hydrogen-bond acceptors (Lipinski definition) is 4. The lowest BCUT2D eigenvalue weighted by atomic mass is 10.2. The Morgan fingerprint density at radius 2 is 2.14 bits per heavy atom. The molecule has 21 heavy (non-hydrogen) atoms. The summed E-state index contributed by atoms with van der Waals surface area (Å²) in [5.41, 5.74) is 1.58. The maximum absolute atomic E-state index is 5.35. The summed E-state index contributed by atoms with van der Waals surface area (Å²) in [6.07, 6.45) is 1.72. The molecule has 2 heterocycles. The molecular formula is C14H11BrN4OS. The van der Waals surface area contributed by atoms with Gasteiger partial charge >= 0.3 is 0 Å². The Balaban J connectivity index is 2.25. The molecule has 1 aromatic carbocycles. The largest absolute Gasteiger partial charge is 0.497 e. The zero-order valence-corrected chi connectivity index (χ0v) is 13.5. The summed E-state index contributed by atoms with van der Waals surface area (Å²) in [7, 11) is 1.63. The molecule has 0 aliphatic heterocycles. The molecule has 0 spiro atoms. The highest BCUT2D eigenvalue weighted by molar-refractivity contribution is 9.10. The van der Waals surface area contributed by atoms with Crippen LogP contribution in [0.25, 0.3) is 17.2 Å². The number of nitrogens with zero attached hydrogens (tertiary/aromatic N) is 3. The highest BCUT2D eigenvalue weighted by Crippen LogP contribution is 2.29. The molecule has 7 heteroatoms. The van der Waals surface area contributed by atoms with Crippen molar-refractivity contribution in [3.8, 4) is 23.0 Å². The first-order chi connectivity index (χ1) is 10.2. The molecule has 0 aliphatic rings. The van der Waals surface area contributed by atoms with Gasteiger partial charge in [-0.3, -0.25) is 14.6 Å². The van der Waals surface area contributed by atoms with E-state index >= 15 is 0 Å². The third-order valence-electron chi connectivity index (χ3n) is 2.96. The van der Waals surface area contributed by atoms with Crippen molar-refractivity contribution >= 4 is 28.1 Å². The number of hydrogen-bond donors (Lipinski definition) is 1. The second-order valence-electron chi connectivity index (χ2n) is 4.22. The van der Waals surface area contributed by atoms with E-state index in [2.05, 4.69) is 31.1 Å². The molecule has 3 rings (SSSR count). The first kappa shape index (κ1) is 14.0. The molecule has 0 radical (unpaired) electrons. The highest BCUT2D eigenvalue weighted by Gasteiger charge is 2.14. The predicted molar refractivity (Wildman–Crippen MR) is 86.2 cm³/mol. The zero-order chi connectivity index (χ0) is 14.8. The number of ether oxygens (including phenoxy) is 1. The Bertz CT molecular complexity index is 828. The molecule has 0 aliphatic carbocycles. The third kappa shape index (κ3) is 2.62. The van der Waals surface area contributed by atoms with Crippen LogP contribution in [-0.2, 0) is 0 Å². The third-order valence-corrected chi connectivity index (χ3v) is 3.90. The van der Waals surface area contributed by atoms with Gasteiger partial charge in [-0.2, -0.15) is 5.10 Å². The van der Waals surface area contributed by atoms with Crippen LogP contribution in [0.1, 0.15) is 0 Å². The number of benzene rings is 1. The van der Waals surface area contributed by atoms with Gasteiger partial charge < -0.3 is 4.74 Å². The number of rotatable bonds is 3. The van der Waals surface area contributed by atoms with E-state index in [9.17, 15) is 0 Å². The SMILES string of the molecule is COc1ccc(Br)c(-n2c(-c3ccccn3)n[nH]c2=S)c1. The van der Waals surface area contributed by atoms with Gasteiger partial charge in [-0.15, -0.1) is 0 Å². The summed E-state index contributed by atoms with van der Waals surface area (Å²) < 4.78 is 8.48. The highest BCUT2D eigenvalue weighted by atomic mass is 79.9. The normalized spacial score (nSPS) is 10.6. The van der Waals surface area contributed by atoms with Crippen molar-refractivity contribution in [2.45, 2.75) is 0 Å². The second kappa shape index (κ2) is 5.79. The topological polar surface area (TPSA) is 55.7 Å². The van der Waals surface area contributed by atoms with Crippen LogP contribution in [0.3, 0.4) is 0 Å². The molecule has 0 unspecified atom stereocenters. The Kier molecular flexibility index (Phi) is 3.85. The van der Waals surface area contributed by atoms with Crippen molar-refractivity contribution in [2.75, 3.05) is 7.11 Å². The minimum Gasteiger partial charge on any atom is -0.497 e. The van der Waals surface area contributed by atoms with Gasteiger partial charge in [-0.1, -0.05) is 6.07 Å². The van der Waals surface area contributed by atoms with Crippen LogP contribution >= 0.6 is 28.1 Å². The molecule has 3 aromatic rings. The summed E-state index contributed by atoms with van der Waals surface area (Å²) in [4.78, 5) is 4.32. The van der Waals surface area contributed by atoms with Crippen LogP contribution < -0.4 is 4.74 Å². The Hall–Kier alpha value is -1.99. The van der Waals surface area contributed by atoms with Crippen LogP contribution in [-0.4, -0.2) is 26.9 Å². The van der Waals surface area contributed by atoms with Crippen LogP contribution in [0.5, 0.6) is 5.75 Å². The maximum Gasteiger partial charge on any atom is 0.200 e.